The molecule has 1 aliphatic rings. The first-order valence-corrected chi connectivity index (χ1v) is 6.44. The second-order valence-corrected chi connectivity index (χ2v) is 5.81. The van der Waals surface area contributed by atoms with Gasteiger partial charge in [0.25, 0.3) is 0 Å². The predicted octanol–water partition coefficient (Wildman–Crippen LogP) is 5.23. The van der Waals surface area contributed by atoms with Gasteiger partial charge in [-0.15, -0.1) is 13.2 Å². The highest BCUT2D eigenvalue weighted by molar-refractivity contribution is 5.80. The average Bonchev–Trinajstić information content (AvgIpc) is 2.79. The lowest BCUT2D eigenvalue weighted by Crippen LogP contribution is -2.19. The van der Waals surface area contributed by atoms with Gasteiger partial charge in [0.1, 0.15) is 5.75 Å². The fourth-order valence-electron chi connectivity index (χ4n) is 2.09. The minimum atomic E-state index is -4.68. The molecule has 0 N–H and O–H groups in total. The van der Waals surface area contributed by atoms with Gasteiger partial charge in [-0.05, 0) is 35.1 Å². The summed E-state index contributed by atoms with van der Waals surface area (Å²) in [5.74, 6) is -0.150. The third-order valence-electron chi connectivity index (χ3n) is 3.15. The molecule has 1 nitrogen and oxygen atoms in total. The third-order valence-corrected chi connectivity index (χ3v) is 3.15. The second kappa shape index (κ2) is 5.00. The molecule has 0 heterocycles. The highest BCUT2D eigenvalue weighted by Crippen LogP contribution is 2.36. The Labute approximate surface area is 116 Å². The first kappa shape index (κ1) is 14.7. The van der Waals surface area contributed by atoms with Crippen LogP contribution in [0.5, 0.6) is 5.75 Å². The van der Waals surface area contributed by atoms with E-state index in [0.29, 0.717) is 5.56 Å². The van der Waals surface area contributed by atoms with Crippen molar-refractivity contribution >= 4 is 5.57 Å². The summed E-state index contributed by atoms with van der Waals surface area (Å²) in [6.45, 7) is 6.07. The van der Waals surface area contributed by atoms with Crippen LogP contribution in [0.2, 0.25) is 0 Å². The van der Waals surface area contributed by atoms with E-state index < -0.39 is 6.36 Å². The molecular weight excluding hydrogens is 265 g/mol. The van der Waals surface area contributed by atoms with Crippen LogP contribution in [0, 0.1) is 0 Å². The third kappa shape index (κ3) is 3.44. The predicted molar refractivity (Wildman–Crippen MR) is 73.6 cm³/mol. The lowest BCUT2D eigenvalue weighted by molar-refractivity contribution is -0.274. The molecule has 20 heavy (non-hydrogen) atoms. The molecule has 0 bridgehead atoms. The minimum Gasteiger partial charge on any atom is -0.405 e. The quantitative estimate of drug-likeness (QED) is 0.722. The maximum absolute atomic E-state index is 12.5. The van der Waals surface area contributed by atoms with Crippen LogP contribution in [0.1, 0.15) is 38.3 Å². The van der Waals surface area contributed by atoms with Gasteiger partial charge in [-0.2, -0.15) is 0 Å². The molecule has 0 saturated carbocycles. The van der Waals surface area contributed by atoms with Gasteiger partial charge in [-0.25, -0.2) is 0 Å². The van der Waals surface area contributed by atoms with E-state index in [1.807, 2.05) is 39.0 Å². The van der Waals surface area contributed by atoms with Crippen molar-refractivity contribution in [2.45, 2.75) is 39.0 Å². The van der Waals surface area contributed by atoms with Gasteiger partial charge in [-0.3, -0.25) is 0 Å². The first-order chi connectivity index (χ1) is 9.17. The van der Waals surface area contributed by atoms with Gasteiger partial charge in [-0.1, -0.05) is 45.1 Å². The summed E-state index contributed by atoms with van der Waals surface area (Å²) >= 11 is 0. The zero-order valence-electron chi connectivity index (χ0n) is 11.7. The molecule has 1 aromatic carbocycles. The molecule has 0 spiro atoms. The molecule has 0 amide bonds. The van der Waals surface area contributed by atoms with Crippen molar-refractivity contribution in [1.29, 1.82) is 0 Å². The number of rotatable bonds is 2. The molecule has 0 atom stereocenters. The lowest BCUT2D eigenvalue weighted by Gasteiger charge is -2.22. The second-order valence-electron chi connectivity index (χ2n) is 5.81. The lowest BCUT2D eigenvalue weighted by atomic mass is 9.85. The van der Waals surface area contributed by atoms with E-state index in [1.54, 1.807) is 12.1 Å². The van der Waals surface area contributed by atoms with Crippen LogP contribution in [-0.2, 0) is 5.41 Å². The summed E-state index contributed by atoms with van der Waals surface area (Å²) in [4.78, 5) is 0. The van der Waals surface area contributed by atoms with E-state index in [2.05, 4.69) is 4.74 Å². The van der Waals surface area contributed by atoms with Crippen molar-refractivity contribution in [1.82, 2.24) is 0 Å². The van der Waals surface area contributed by atoms with Gasteiger partial charge < -0.3 is 4.74 Å². The maximum atomic E-state index is 12.5. The fourth-order valence-corrected chi connectivity index (χ4v) is 2.09. The molecule has 1 aliphatic carbocycles. The topological polar surface area (TPSA) is 9.23 Å². The number of alkyl halides is 3. The van der Waals surface area contributed by atoms with Crippen LogP contribution in [0.15, 0.2) is 36.4 Å². The Hall–Kier alpha value is -1.71. The van der Waals surface area contributed by atoms with Crippen molar-refractivity contribution in [3.8, 4) is 5.75 Å². The zero-order valence-corrected chi connectivity index (χ0v) is 11.7. The van der Waals surface area contributed by atoms with Crippen LogP contribution in [0.3, 0.4) is 0 Å². The molecule has 108 valence electrons. The van der Waals surface area contributed by atoms with E-state index in [-0.39, 0.29) is 11.2 Å². The summed E-state index contributed by atoms with van der Waals surface area (Å²) in [6, 6.07) is 4.86. The van der Waals surface area contributed by atoms with Crippen molar-refractivity contribution in [2.24, 2.45) is 0 Å². The summed E-state index contributed by atoms with van der Waals surface area (Å²) < 4.78 is 41.6. The van der Waals surface area contributed by atoms with Gasteiger partial charge >= 0.3 is 6.36 Å². The van der Waals surface area contributed by atoms with E-state index in [4.69, 9.17) is 0 Å². The van der Waals surface area contributed by atoms with Gasteiger partial charge in [0.15, 0.2) is 0 Å². The van der Waals surface area contributed by atoms with Crippen molar-refractivity contribution in [3.63, 3.8) is 0 Å². The van der Waals surface area contributed by atoms with E-state index in [0.717, 1.165) is 17.6 Å². The van der Waals surface area contributed by atoms with Crippen LogP contribution in [-0.4, -0.2) is 6.36 Å². The zero-order chi connectivity index (χ0) is 15.0. The summed E-state index contributed by atoms with van der Waals surface area (Å²) in [5, 5.41) is 0. The number of halogens is 3. The number of hydrogen-bond donors (Lipinski definition) is 0. The Bertz CT molecular complexity index is 560. The molecule has 0 fully saturated rings. The van der Waals surface area contributed by atoms with Crippen LogP contribution in [0.25, 0.3) is 5.57 Å². The molecule has 2 rings (SSSR count). The van der Waals surface area contributed by atoms with Crippen molar-refractivity contribution in [3.05, 3.63) is 47.6 Å². The molecule has 0 radical (unpaired) electrons. The van der Waals surface area contributed by atoms with E-state index in [9.17, 15) is 13.2 Å². The van der Waals surface area contributed by atoms with Crippen molar-refractivity contribution in [2.75, 3.05) is 0 Å². The standard InChI is InChI=1S/C16H17F3O/c1-15(2,3)12-8-9-14(20-16(17,18)19)13(10-12)11-6-4-5-7-11/h4,6-10H,5H2,1-3H3. The molecule has 0 saturated heterocycles. The van der Waals surface area contributed by atoms with Crippen LogP contribution < -0.4 is 4.74 Å². The maximum Gasteiger partial charge on any atom is 0.573 e. The number of ether oxygens (including phenoxy) is 1. The highest BCUT2D eigenvalue weighted by atomic mass is 19.4. The molecule has 0 unspecified atom stereocenters. The highest BCUT2D eigenvalue weighted by Gasteiger charge is 2.32. The summed E-state index contributed by atoms with van der Waals surface area (Å²) in [6.07, 6.45) is 1.69. The Morgan fingerprint density at radius 3 is 2.30 bits per heavy atom. The molecule has 4 heteroatoms. The van der Waals surface area contributed by atoms with Crippen LogP contribution >= 0.6 is 0 Å². The smallest absolute Gasteiger partial charge is 0.405 e. The summed E-state index contributed by atoms with van der Waals surface area (Å²) in [5.41, 5.74) is 2.11. The SMILES string of the molecule is CC(C)(C)c1ccc(OC(F)(F)F)c(C2=CCC=C2)c1. The fraction of sp³-hybridized carbons (Fsp3) is 0.375. The Morgan fingerprint density at radius 2 is 1.80 bits per heavy atom. The van der Waals surface area contributed by atoms with Crippen LogP contribution in [0.4, 0.5) is 13.2 Å². The Balaban J connectivity index is 2.49. The van der Waals surface area contributed by atoms with E-state index in [1.165, 1.54) is 6.07 Å². The monoisotopic (exact) mass is 282 g/mol. The number of benzene rings is 1. The molecule has 0 aliphatic heterocycles. The Kier molecular flexibility index (Phi) is 3.67. The summed E-state index contributed by atoms with van der Waals surface area (Å²) in [7, 11) is 0. The largest absolute Gasteiger partial charge is 0.573 e. The van der Waals surface area contributed by atoms with Crippen molar-refractivity contribution < 1.29 is 17.9 Å². The number of allylic oxidation sites excluding steroid dienone is 4. The normalized spacial score (nSPS) is 15.4. The Morgan fingerprint density at radius 1 is 1.10 bits per heavy atom. The minimum absolute atomic E-state index is 0.131. The molecular formula is C16H17F3O. The first-order valence-electron chi connectivity index (χ1n) is 6.44. The van der Waals surface area contributed by atoms with Gasteiger partial charge in [0.05, 0.1) is 0 Å². The number of hydrogen-bond acceptors (Lipinski definition) is 1. The average molecular weight is 282 g/mol. The van der Waals surface area contributed by atoms with Gasteiger partial charge in [0.2, 0.25) is 0 Å². The molecule has 1 aromatic rings. The van der Waals surface area contributed by atoms with Gasteiger partial charge in [0, 0.05) is 5.56 Å². The van der Waals surface area contributed by atoms with E-state index >= 15 is 0 Å². The molecule has 0 aromatic heterocycles.